The lowest BCUT2D eigenvalue weighted by molar-refractivity contribution is -0.117. The molecule has 5 rings (SSSR count). The molecule has 27 heavy (non-hydrogen) atoms. The molecule has 1 aliphatic heterocycles. The summed E-state index contributed by atoms with van der Waals surface area (Å²) in [6.07, 6.45) is 5.51. The zero-order chi connectivity index (χ0) is 18.5. The molecule has 0 bridgehead atoms. The highest BCUT2D eigenvalue weighted by atomic mass is 35.5. The van der Waals surface area contributed by atoms with Crippen LogP contribution in [0.2, 0.25) is 5.02 Å². The summed E-state index contributed by atoms with van der Waals surface area (Å²) in [6.45, 7) is 1.67. The molecule has 0 saturated heterocycles. The van der Waals surface area contributed by atoms with Crippen molar-refractivity contribution in [3.05, 3.63) is 89.0 Å². The number of amides is 1. The second kappa shape index (κ2) is 6.24. The fourth-order valence-corrected chi connectivity index (χ4v) is 5.11. The van der Waals surface area contributed by atoms with Gasteiger partial charge in [-0.05, 0) is 52.4 Å². The van der Waals surface area contributed by atoms with Gasteiger partial charge in [0.2, 0.25) is 5.91 Å². The van der Waals surface area contributed by atoms with Crippen LogP contribution in [-0.2, 0) is 4.79 Å². The lowest BCUT2D eigenvalue weighted by Gasteiger charge is -2.44. The molecule has 3 heteroatoms. The zero-order valence-corrected chi connectivity index (χ0v) is 15.9. The van der Waals surface area contributed by atoms with Crippen molar-refractivity contribution >= 4 is 34.0 Å². The molecular weight excluding hydrogens is 354 g/mol. The minimum Gasteiger partial charge on any atom is -0.305 e. The first-order chi connectivity index (χ1) is 13.1. The van der Waals surface area contributed by atoms with Crippen LogP contribution in [0.3, 0.4) is 0 Å². The monoisotopic (exact) mass is 373 g/mol. The number of benzene rings is 3. The van der Waals surface area contributed by atoms with E-state index in [1.54, 1.807) is 6.92 Å². The van der Waals surface area contributed by atoms with Gasteiger partial charge in [-0.2, -0.15) is 0 Å². The van der Waals surface area contributed by atoms with Gasteiger partial charge in [0.15, 0.2) is 0 Å². The largest absolute Gasteiger partial charge is 0.305 e. The van der Waals surface area contributed by atoms with Gasteiger partial charge in [-0.1, -0.05) is 66.2 Å². The number of hydrogen-bond donors (Lipinski definition) is 0. The quantitative estimate of drug-likeness (QED) is 0.461. The summed E-state index contributed by atoms with van der Waals surface area (Å²) in [5, 5.41) is 3.15. The van der Waals surface area contributed by atoms with Gasteiger partial charge in [0, 0.05) is 23.6 Å². The predicted octanol–water partition coefficient (Wildman–Crippen LogP) is 6.26. The number of rotatable bonds is 1. The van der Waals surface area contributed by atoms with E-state index in [4.69, 9.17) is 11.6 Å². The predicted molar refractivity (Wildman–Crippen MR) is 111 cm³/mol. The van der Waals surface area contributed by atoms with E-state index in [0.29, 0.717) is 11.8 Å². The van der Waals surface area contributed by atoms with E-state index < -0.39 is 0 Å². The minimum absolute atomic E-state index is 0.0160. The SMILES string of the molecule is CC(=O)N1c2ccc(Cl)cc2[C@H]2C=CC[C@H]2[C@@H]1c1cccc2ccccc12. The van der Waals surface area contributed by atoms with Gasteiger partial charge >= 0.3 is 0 Å². The fraction of sp³-hybridized carbons (Fsp3) is 0.208. The van der Waals surface area contributed by atoms with Crippen molar-refractivity contribution in [3.63, 3.8) is 0 Å². The first-order valence-corrected chi connectivity index (χ1v) is 9.76. The summed E-state index contributed by atoms with van der Waals surface area (Å²) in [6, 6.07) is 20.8. The summed E-state index contributed by atoms with van der Waals surface area (Å²) >= 11 is 6.30. The van der Waals surface area contributed by atoms with Crippen molar-refractivity contribution in [1.82, 2.24) is 0 Å². The highest BCUT2D eigenvalue weighted by Crippen LogP contribution is 2.54. The number of hydrogen-bond acceptors (Lipinski definition) is 1. The molecule has 0 radical (unpaired) electrons. The lowest BCUT2D eigenvalue weighted by Crippen LogP contribution is -2.42. The van der Waals surface area contributed by atoms with Crippen molar-refractivity contribution in [2.24, 2.45) is 5.92 Å². The third-order valence-corrected chi connectivity index (χ3v) is 6.22. The Kier molecular flexibility index (Phi) is 3.84. The smallest absolute Gasteiger partial charge is 0.224 e. The van der Waals surface area contributed by atoms with E-state index in [9.17, 15) is 4.79 Å². The molecule has 1 amide bonds. The van der Waals surface area contributed by atoms with Crippen LogP contribution in [0.4, 0.5) is 5.69 Å². The number of nitrogens with zero attached hydrogens (tertiary/aromatic N) is 1. The maximum atomic E-state index is 12.8. The van der Waals surface area contributed by atoms with Gasteiger partial charge in [0.1, 0.15) is 0 Å². The number of anilines is 1. The molecule has 0 N–H and O–H groups in total. The van der Waals surface area contributed by atoms with Crippen LogP contribution in [0.1, 0.15) is 36.4 Å². The van der Waals surface area contributed by atoms with Crippen LogP contribution in [0.5, 0.6) is 0 Å². The van der Waals surface area contributed by atoms with Crippen LogP contribution in [0.25, 0.3) is 10.8 Å². The van der Waals surface area contributed by atoms with Crippen molar-refractivity contribution < 1.29 is 4.79 Å². The van der Waals surface area contributed by atoms with Gasteiger partial charge in [0.25, 0.3) is 0 Å². The van der Waals surface area contributed by atoms with Gasteiger partial charge in [-0.15, -0.1) is 0 Å². The third-order valence-electron chi connectivity index (χ3n) is 5.99. The molecule has 0 unspecified atom stereocenters. The molecule has 2 aliphatic rings. The molecule has 3 atom stereocenters. The van der Waals surface area contributed by atoms with Crippen LogP contribution in [-0.4, -0.2) is 5.91 Å². The standard InChI is InChI=1S/C24H20ClNO/c1-15(27)26-23-13-12-17(25)14-22(23)19-9-5-11-21(19)24(26)20-10-4-7-16-6-2-3-8-18(16)20/h2-10,12-14,19,21,24H,11H2,1H3/t19-,21+,24-/m0/s1. The molecule has 0 spiro atoms. The van der Waals surface area contributed by atoms with Crippen LogP contribution < -0.4 is 4.90 Å². The van der Waals surface area contributed by atoms with Crippen molar-refractivity contribution in [3.8, 4) is 0 Å². The molecule has 1 heterocycles. The first kappa shape index (κ1) is 16.6. The van der Waals surface area contributed by atoms with Crippen molar-refractivity contribution in [2.45, 2.75) is 25.3 Å². The molecule has 3 aromatic rings. The molecule has 0 fully saturated rings. The molecule has 3 aromatic carbocycles. The number of carbonyl (C=O) groups excluding carboxylic acids is 1. The Hall–Kier alpha value is -2.58. The Morgan fingerprint density at radius 2 is 1.85 bits per heavy atom. The molecular formula is C24H20ClNO. The highest BCUT2D eigenvalue weighted by molar-refractivity contribution is 6.30. The Labute approximate surface area is 164 Å². The number of fused-ring (bicyclic) bond motifs is 4. The van der Waals surface area contributed by atoms with E-state index in [-0.39, 0.29) is 11.9 Å². The summed E-state index contributed by atoms with van der Waals surface area (Å²) in [5.74, 6) is 0.686. The van der Waals surface area contributed by atoms with Gasteiger partial charge in [0.05, 0.1) is 6.04 Å². The normalized spacial score (nSPS) is 23.3. The second-order valence-corrected chi connectivity index (χ2v) is 7.90. The Balaban J connectivity index is 1.78. The van der Waals surface area contributed by atoms with E-state index in [1.165, 1.54) is 16.3 Å². The third kappa shape index (κ3) is 2.51. The van der Waals surface area contributed by atoms with Crippen LogP contribution >= 0.6 is 11.6 Å². The topological polar surface area (TPSA) is 20.3 Å². The fourth-order valence-electron chi connectivity index (χ4n) is 4.93. The molecule has 2 nitrogen and oxygen atoms in total. The summed E-state index contributed by atoms with van der Waals surface area (Å²) < 4.78 is 0. The second-order valence-electron chi connectivity index (χ2n) is 7.46. The molecule has 0 aromatic heterocycles. The minimum atomic E-state index is 0.0160. The molecule has 0 saturated carbocycles. The molecule has 1 aliphatic carbocycles. The Morgan fingerprint density at radius 3 is 2.70 bits per heavy atom. The summed E-state index contributed by atoms with van der Waals surface area (Å²) in [7, 11) is 0. The van der Waals surface area contributed by atoms with E-state index >= 15 is 0 Å². The summed E-state index contributed by atoms with van der Waals surface area (Å²) in [4.78, 5) is 14.8. The first-order valence-electron chi connectivity index (χ1n) is 9.39. The van der Waals surface area contributed by atoms with Gasteiger partial charge in [-0.3, -0.25) is 4.79 Å². The van der Waals surface area contributed by atoms with E-state index in [0.717, 1.165) is 22.7 Å². The van der Waals surface area contributed by atoms with Crippen LogP contribution in [0.15, 0.2) is 72.8 Å². The Bertz CT molecular complexity index is 1080. The van der Waals surface area contributed by atoms with E-state index in [2.05, 4.69) is 54.6 Å². The van der Waals surface area contributed by atoms with Gasteiger partial charge in [-0.25, -0.2) is 0 Å². The highest BCUT2D eigenvalue weighted by Gasteiger charge is 2.44. The lowest BCUT2D eigenvalue weighted by atomic mass is 9.75. The average molecular weight is 374 g/mol. The maximum absolute atomic E-state index is 12.8. The number of allylic oxidation sites excluding steroid dienone is 2. The Morgan fingerprint density at radius 1 is 1.04 bits per heavy atom. The van der Waals surface area contributed by atoms with E-state index in [1.807, 2.05) is 23.1 Å². The molecule has 134 valence electrons. The van der Waals surface area contributed by atoms with Crippen molar-refractivity contribution in [2.75, 3.05) is 4.90 Å². The summed E-state index contributed by atoms with van der Waals surface area (Å²) in [5.41, 5.74) is 3.37. The van der Waals surface area contributed by atoms with Crippen molar-refractivity contribution in [1.29, 1.82) is 0 Å². The zero-order valence-electron chi connectivity index (χ0n) is 15.1. The average Bonchev–Trinajstić information content (AvgIpc) is 3.16. The van der Waals surface area contributed by atoms with Gasteiger partial charge < -0.3 is 4.90 Å². The van der Waals surface area contributed by atoms with Crippen LogP contribution in [0, 0.1) is 5.92 Å². The number of halogens is 1. The number of carbonyl (C=O) groups is 1. The maximum Gasteiger partial charge on any atom is 0.224 e.